The highest BCUT2D eigenvalue weighted by molar-refractivity contribution is 6.27. The van der Waals surface area contributed by atoms with Crippen molar-refractivity contribution in [1.82, 2.24) is 0 Å². The van der Waals surface area contributed by atoms with Crippen molar-refractivity contribution in [2.45, 2.75) is 40.0 Å². The molecule has 2 aliphatic rings. The zero-order valence-electron chi connectivity index (χ0n) is 35.0. The van der Waals surface area contributed by atoms with Crippen molar-refractivity contribution in [3.63, 3.8) is 0 Å². The van der Waals surface area contributed by atoms with Crippen molar-refractivity contribution in [1.29, 1.82) is 0 Å². The third-order valence-electron chi connectivity index (χ3n) is 12.5. The Hall–Kier alpha value is -7.02. The Morgan fingerprint density at radius 3 is 1.77 bits per heavy atom. The highest BCUT2D eigenvalue weighted by atomic mass is 14.3. The van der Waals surface area contributed by atoms with Crippen molar-refractivity contribution < 1.29 is 0 Å². The van der Waals surface area contributed by atoms with Gasteiger partial charge in [0.15, 0.2) is 0 Å². The summed E-state index contributed by atoms with van der Waals surface area (Å²) in [5.74, 6) is 0. The van der Waals surface area contributed by atoms with Gasteiger partial charge in [-0.25, -0.2) is 0 Å². The van der Waals surface area contributed by atoms with Crippen LogP contribution in [0.4, 0.5) is 0 Å². The normalized spacial score (nSPS) is 13.0. The fourth-order valence-corrected chi connectivity index (χ4v) is 9.57. The first kappa shape index (κ1) is 38.5. The van der Waals surface area contributed by atoms with Gasteiger partial charge in [0.1, 0.15) is 0 Å². The summed E-state index contributed by atoms with van der Waals surface area (Å²) in [4.78, 5) is 0. The molecule has 0 saturated heterocycles. The van der Waals surface area contributed by atoms with Crippen LogP contribution in [0.2, 0.25) is 0 Å². The Morgan fingerprint density at radius 1 is 0.550 bits per heavy atom. The summed E-state index contributed by atoms with van der Waals surface area (Å²) in [6.07, 6.45) is 20.3. The number of allylic oxidation sites excluding steroid dienone is 12. The Morgan fingerprint density at radius 2 is 1.13 bits per heavy atom. The van der Waals surface area contributed by atoms with Crippen LogP contribution in [0.15, 0.2) is 207 Å². The van der Waals surface area contributed by atoms with Gasteiger partial charge in [-0.15, -0.1) is 0 Å². The van der Waals surface area contributed by atoms with Crippen molar-refractivity contribution in [2.24, 2.45) is 0 Å². The second-order valence-electron chi connectivity index (χ2n) is 16.3. The molecular weight excluding hydrogens is 721 g/mol. The average molecular weight is 771 g/mol. The van der Waals surface area contributed by atoms with Crippen LogP contribution >= 0.6 is 0 Å². The van der Waals surface area contributed by atoms with E-state index < -0.39 is 0 Å². The molecule has 0 radical (unpaired) electrons. The minimum atomic E-state index is 0.907. The predicted octanol–water partition coefficient (Wildman–Crippen LogP) is 17.1. The average Bonchev–Trinajstić information content (AvgIpc) is 3.82. The summed E-state index contributed by atoms with van der Waals surface area (Å²) in [6, 6.07) is 42.0. The van der Waals surface area contributed by atoms with Crippen LogP contribution in [-0.4, -0.2) is 0 Å². The second-order valence-corrected chi connectivity index (χ2v) is 16.3. The summed E-state index contributed by atoms with van der Waals surface area (Å²) in [6.45, 7) is 20.8. The molecule has 2 aliphatic carbocycles. The topological polar surface area (TPSA) is 0 Å². The number of rotatable bonds is 7. The second kappa shape index (κ2) is 16.0. The van der Waals surface area contributed by atoms with Gasteiger partial charge in [-0.2, -0.15) is 0 Å². The smallest absolute Gasteiger partial charge is 0.000705 e. The lowest BCUT2D eigenvalue weighted by atomic mass is 9.89. The van der Waals surface area contributed by atoms with Crippen LogP contribution in [0.3, 0.4) is 0 Å². The summed E-state index contributed by atoms with van der Waals surface area (Å²) in [5, 5.41) is 16.6. The molecule has 11 rings (SSSR count). The molecule has 0 saturated carbocycles. The van der Waals surface area contributed by atoms with E-state index >= 15 is 0 Å². The van der Waals surface area contributed by atoms with E-state index in [1.165, 1.54) is 115 Å². The third kappa shape index (κ3) is 6.69. The first-order valence-electron chi connectivity index (χ1n) is 21.1. The predicted molar refractivity (Wildman–Crippen MR) is 266 cm³/mol. The summed E-state index contributed by atoms with van der Waals surface area (Å²) in [5.41, 5.74) is 15.1. The van der Waals surface area contributed by atoms with Gasteiger partial charge in [-0.1, -0.05) is 183 Å². The lowest BCUT2D eigenvalue weighted by Crippen LogP contribution is -1.89. The molecule has 9 aromatic rings. The molecule has 60 heavy (non-hydrogen) atoms. The lowest BCUT2D eigenvalue weighted by Gasteiger charge is -2.15. The van der Waals surface area contributed by atoms with Crippen LogP contribution in [0.25, 0.3) is 86.9 Å². The molecule has 0 aromatic heterocycles. The maximum Gasteiger partial charge on any atom is -0.000705 e. The molecule has 0 unspecified atom stereocenters. The first-order chi connectivity index (χ1) is 29.3. The van der Waals surface area contributed by atoms with E-state index in [1.807, 2.05) is 43.4 Å². The van der Waals surface area contributed by atoms with Crippen LogP contribution in [0.1, 0.15) is 49.4 Å². The quantitative estimate of drug-likeness (QED) is 0.0860. The van der Waals surface area contributed by atoms with E-state index in [0.29, 0.717) is 0 Å². The van der Waals surface area contributed by atoms with Crippen LogP contribution in [-0.2, 0) is 12.8 Å². The fraction of sp³-hybridized carbons (Fsp3) is 0.100. The Bertz CT molecular complexity index is 3280. The Labute approximate surface area is 354 Å². The molecule has 0 amide bonds. The highest BCUT2D eigenvalue weighted by Crippen LogP contribution is 2.51. The zero-order chi connectivity index (χ0) is 41.5. The van der Waals surface area contributed by atoms with Gasteiger partial charge in [-0.05, 0) is 173 Å². The molecule has 290 valence electrons. The van der Waals surface area contributed by atoms with E-state index in [9.17, 15) is 0 Å². The van der Waals surface area contributed by atoms with Gasteiger partial charge in [0.25, 0.3) is 0 Å². The minimum absolute atomic E-state index is 0.907. The van der Waals surface area contributed by atoms with Crippen molar-refractivity contribution >= 4 is 64.6 Å². The van der Waals surface area contributed by atoms with E-state index in [-0.39, 0.29) is 0 Å². The number of hydrogen-bond acceptors (Lipinski definition) is 0. The van der Waals surface area contributed by atoms with Crippen molar-refractivity contribution in [2.75, 3.05) is 0 Å². The maximum atomic E-state index is 3.95. The van der Waals surface area contributed by atoms with E-state index in [2.05, 4.69) is 155 Å². The third-order valence-corrected chi connectivity index (χ3v) is 12.5. The van der Waals surface area contributed by atoms with E-state index in [0.717, 1.165) is 30.4 Å². The maximum absolute atomic E-state index is 3.95. The summed E-state index contributed by atoms with van der Waals surface area (Å²) >= 11 is 0. The van der Waals surface area contributed by atoms with Gasteiger partial charge in [0.05, 0.1) is 0 Å². The summed E-state index contributed by atoms with van der Waals surface area (Å²) < 4.78 is 0. The van der Waals surface area contributed by atoms with Crippen LogP contribution in [0, 0.1) is 0 Å². The zero-order valence-corrected chi connectivity index (χ0v) is 35.0. The Balaban J connectivity index is 0.000000195. The molecule has 0 bridgehead atoms. The largest absolute Gasteiger partial charge is 0.0991 e. The van der Waals surface area contributed by atoms with Gasteiger partial charge in [-0.3, -0.25) is 0 Å². The molecule has 0 fully saturated rings. The Kier molecular flexibility index (Phi) is 10.2. The van der Waals surface area contributed by atoms with Gasteiger partial charge >= 0.3 is 0 Å². The monoisotopic (exact) mass is 770 g/mol. The standard InChI is InChI=1S/C40H22.C12H18.C8H10/c1-3-21-8-10-26-17-35-32-18-27-16-29-15-25-9-7-22-4-2-6-24-12-14-31(40(25)37(22)24)38(29)33(27)19-28(32)20-34(35)30-13-11-23(5-1)36(21)39(26)30;1-5-7-8-9-12(4)10-11(3)6-2;1-4-6-7-8(3)5-2/h1-15,17-19H,16,20H2;5-9H,4,10H2,1-3H3;4-7H,1-3H2/b;7-5-,9-8-,11-6+;7-6-. The minimum Gasteiger partial charge on any atom is -0.0991 e. The van der Waals surface area contributed by atoms with Crippen LogP contribution in [0.5, 0.6) is 0 Å². The number of hydrogen-bond donors (Lipinski definition) is 0. The molecule has 0 heterocycles. The number of benzene rings is 9. The molecule has 0 aliphatic heterocycles. The molecule has 0 spiro atoms. The van der Waals surface area contributed by atoms with Gasteiger partial charge in [0, 0.05) is 0 Å². The highest BCUT2D eigenvalue weighted by Gasteiger charge is 2.29. The van der Waals surface area contributed by atoms with Crippen molar-refractivity contribution in [3.05, 3.63) is 229 Å². The molecule has 0 atom stereocenters. The van der Waals surface area contributed by atoms with Gasteiger partial charge in [0.2, 0.25) is 0 Å². The molecule has 0 nitrogen and oxygen atoms in total. The summed E-state index contributed by atoms with van der Waals surface area (Å²) in [7, 11) is 0. The number of fused-ring (bicyclic) bond motifs is 8. The van der Waals surface area contributed by atoms with Gasteiger partial charge < -0.3 is 0 Å². The first-order valence-corrected chi connectivity index (χ1v) is 21.1. The fourth-order valence-electron chi connectivity index (χ4n) is 9.57. The SMILES string of the molecule is C=C(/C=C\C=C/C)C/C(C)=C/C.C=C/C=C\C(=C)C=C.c1cc2ccc3cc4c(c5ccc(c1)c2c35)Cc1cc2c(cc1-4)Cc1cc3ccc4cccc5ccc(c1-2)c3c45. The van der Waals surface area contributed by atoms with Crippen molar-refractivity contribution in [3.8, 4) is 22.3 Å². The van der Waals surface area contributed by atoms with E-state index in [1.54, 1.807) is 12.2 Å². The van der Waals surface area contributed by atoms with E-state index in [4.69, 9.17) is 0 Å². The lowest BCUT2D eigenvalue weighted by molar-refractivity contribution is 1.15. The molecule has 0 heteroatoms. The van der Waals surface area contributed by atoms with Crippen LogP contribution < -0.4 is 0 Å². The molecule has 0 N–H and O–H groups in total. The molecule has 9 aromatic carbocycles. The molecular formula is C60H50.